The van der Waals surface area contributed by atoms with Crippen LogP contribution in [0.2, 0.25) is 0 Å². The van der Waals surface area contributed by atoms with Gasteiger partial charge in [0.25, 0.3) is 0 Å². The highest BCUT2D eigenvalue weighted by Gasteiger charge is 2.32. The third-order valence-electron chi connectivity index (χ3n) is 12.6. The van der Waals surface area contributed by atoms with Gasteiger partial charge in [-0.05, 0) is 72.5 Å². The van der Waals surface area contributed by atoms with Crippen LogP contribution >= 0.6 is 11.3 Å². The Bertz CT molecular complexity index is 3540. The Morgan fingerprint density at radius 1 is 0.714 bits per heavy atom. The minimum atomic E-state index is 0.00596. The van der Waals surface area contributed by atoms with Crippen molar-refractivity contribution in [3.63, 3.8) is 0 Å². The second kappa shape index (κ2) is 15.0. The van der Waals surface area contributed by atoms with Crippen molar-refractivity contribution in [3.05, 3.63) is 224 Å². The first kappa shape index (κ1) is 37.1. The fraction of sp³-hybridized carbons (Fsp3) is 0.0702. The van der Waals surface area contributed by atoms with E-state index in [-0.39, 0.29) is 11.8 Å². The fourth-order valence-corrected chi connectivity index (χ4v) is 10.9. The molecule has 3 aliphatic rings. The van der Waals surface area contributed by atoms with Gasteiger partial charge in [0, 0.05) is 70.6 Å². The predicted octanol–water partition coefficient (Wildman–Crippen LogP) is 14.9. The number of hydrogen-bond donors (Lipinski definition) is 0. The van der Waals surface area contributed by atoms with E-state index >= 15 is 0 Å². The molecule has 4 heterocycles. The summed E-state index contributed by atoms with van der Waals surface area (Å²) in [5.41, 5.74) is 10.4. The van der Waals surface area contributed by atoms with E-state index in [1.807, 2.05) is 41.7 Å². The van der Waals surface area contributed by atoms with E-state index in [1.165, 1.54) is 36.5 Å². The molecule has 2 unspecified atom stereocenters. The monoisotopic (exact) mass is 828 g/mol. The largest absolute Gasteiger partial charge is 0.461 e. The summed E-state index contributed by atoms with van der Waals surface area (Å²) in [4.78, 5) is 15.9. The molecule has 9 aromatic rings. The van der Waals surface area contributed by atoms with E-state index < -0.39 is 0 Å². The molecule has 0 fully saturated rings. The zero-order chi connectivity index (χ0) is 42.0. The summed E-state index contributed by atoms with van der Waals surface area (Å²) in [5.74, 6) is 4.02. The summed E-state index contributed by atoms with van der Waals surface area (Å²) in [6.07, 6.45) is 20.3. The van der Waals surface area contributed by atoms with Crippen LogP contribution in [0, 0.1) is 0 Å². The molecular formula is C57H40N4OS. The van der Waals surface area contributed by atoms with Crippen molar-refractivity contribution in [1.29, 1.82) is 0 Å². The molecule has 12 rings (SSSR count). The molecule has 0 spiro atoms. The van der Waals surface area contributed by atoms with Crippen molar-refractivity contribution in [2.75, 3.05) is 0 Å². The van der Waals surface area contributed by atoms with Crippen LogP contribution in [0.1, 0.15) is 47.5 Å². The summed E-state index contributed by atoms with van der Waals surface area (Å²) in [6, 6.07) is 45.6. The summed E-state index contributed by atoms with van der Waals surface area (Å²) in [6.45, 7) is 8.51. The number of aromatic nitrogens is 4. The van der Waals surface area contributed by atoms with Gasteiger partial charge in [0.2, 0.25) is 0 Å². The van der Waals surface area contributed by atoms with Crippen LogP contribution in [-0.2, 0) is 0 Å². The van der Waals surface area contributed by atoms with Crippen LogP contribution < -0.4 is 4.74 Å². The van der Waals surface area contributed by atoms with Crippen molar-refractivity contribution in [1.82, 2.24) is 19.5 Å². The van der Waals surface area contributed by atoms with Crippen LogP contribution in [-0.4, -0.2) is 19.5 Å². The van der Waals surface area contributed by atoms with Crippen molar-refractivity contribution in [3.8, 4) is 34.0 Å². The van der Waals surface area contributed by atoms with Gasteiger partial charge in [0.05, 0.1) is 16.7 Å². The molecule has 0 saturated heterocycles. The molecule has 0 saturated carbocycles. The van der Waals surface area contributed by atoms with Crippen LogP contribution in [0.5, 0.6) is 5.75 Å². The van der Waals surface area contributed by atoms with E-state index in [0.717, 1.165) is 80.3 Å². The fourth-order valence-electron chi connectivity index (χ4n) is 9.76. The Labute approximate surface area is 369 Å². The van der Waals surface area contributed by atoms with E-state index in [4.69, 9.17) is 19.7 Å². The van der Waals surface area contributed by atoms with E-state index in [9.17, 15) is 0 Å². The third kappa shape index (κ3) is 6.09. The number of fused-ring (bicyclic) bond motifs is 10. The maximum absolute atomic E-state index is 6.42. The maximum atomic E-state index is 6.42. The first-order valence-electron chi connectivity index (χ1n) is 21.5. The SMILES string of the molecule is C=C/C=C(\C=C)c1cc(-c2nc(C3=CCC4C(=C3)Oc3ccccc34)nc(C3C=CC=CC3)n2)cc(-c2ccccc2)c1-n1c2ccccc2c2c3c(ccc21)sc1ccccc13. The number of para-hydroxylation sites is 2. The average molecular weight is 829 g/mol. The molecular weight excluding hydrogens is 789 g/mol. The summed E-state index contributed by atoms with van der Waals surface area (Å²) >= 11 is 1.85. The normalized spacial score (nSPS) is 16.9. The van der Waals surface area contributed by atoms with Gasteiger partial charge in [-0.2, -0.15) is 0 Å². The van der Waals surface area contributed by atoms with Crippen molar-refractivity contribution in [2.24, 2.45) is 0 Å². The van der Waals surface area contributed by atoms with Gasteiger partial charge in [0.15, 0.2) is 11.6 Å². The van der Waals surface area contributed by atoms with E-state index in [0.29, 0.717) is 11.6 Å². The Hall–Kier alpha value is -7.67. The highest BCUT2D eigenvalue weighted by Crippen LogP contribution is 2.48. The molecule has 0 amide bonds. The van der Waals surface area contributed by atoms with Crippen molar-refractivity contribution in [2.45, 2.75) is 24.7 Å². The van der Waals surface area contributed by atoms with Crippen molar-refractivity contribution < 1.29 is 4.74 Å². The number of allylic oxidation sites excluding steroid dienone is 12. The molecule has 63 heavy (non-hydrogen) atoms. The predicted molar refractivity (Wildman–Crippen MR) is 262 cm³/mol. The van der Waals surface area contributed by atoms with Gasteiger partial charge in [-0.25, -0.2) is 15.0 Å². The minimum Gasteiger partial charge on any atom is -0.461 e. The number of thiophene rings is 1. The summed E-state index contributed by atoms with van der Waals surface area (Å²) < 4.78 is 11.4. The summed E-state index contributed by atoms with van der Waals surface area (Å²) in [5, 5.41) is 5.01. The molecule has 6 heteroatoms. The van der Waals surface area contributed by atoms with Crippen LogP contribution in [0.15, 0.2) is 201 Å². The summed E-state index contributed by atoms with van der Waals surface area (Å²) in [7, 11) is 0. The lowest BCUT2D eigenvalue weighted by atomic mass is 9.89. The Morgan fingerprint density at radius 3 is 2.38 bits per heavy atom. The number of ether oxygens (including phenoxy) is 1. The molecule has 300 valence electrons. The third-order valence-corrected chi connectivity index (χ3v) is 13.8. The first-order valence-corrected chi connectivity index (χ1v) is 22.3. The zero-order valence-electron chi connectivity index (χ0n) is 34.4. The molecule has 0 N–H and O–H groups in total. The highest BCUT2D eigenvalue weighted by molar-refractivity contribution is 7.26. The van der Waals surface area contributed by atoms with Gasteiger partial charge in [0.1, 0.15) is 17.3 Å². The van der Waals surface area contributed by atoms with E-state index in [1.54, 1.807) is 0 Å². The van der Waals surface area contributed by atoms with E-state index in [2.05, 4.69) is 169 Å². The minimum absolute atomic E-state index is 0.00596. The Morgan fingerprint density at radius 2 is 1.52 bits per heavy atom. The van der Waals surface area contributed by atoms with Gasteiger partial charge in [-0.3, -0.25) is 0 Å². The number of nitrogens with zero attached hydrogens (tertiary/aromatic N) is 4. The molecule has 2 atom stereocenters. The second-order valence-corrected chi connectivity index (χ2v) is 17.3. The van der Waals surface area contributed by atoms with Gasteiger partial charge < -0.3 is 9.30 Å². The number of rotatable bonds is 8. The lowest BCUT2D eigenvalue weighted by Crippen LogP contribution is -2.11. The molecule has 2 aliphatic carbocycles. The smallest absolute Gasteiger partial charge is 0.163 e. The topological polar surface area (TPSA) is 52.8 Å². The maximum Gasteiger partial charge on any atom is 0.163 e. The van der Waals surface area contributed by atoms with Gasteiger partial charge >= 0.3 is 0 Å². The number of hydrogen-bond acceptors (Lipinski definition) is 5. The second-order valence-electron chi connectivity index (χ2n) is 16.3. The molecule has 6 aromatic carbocycles. The quantitative estimate of drug-likeness (QED) is 0.143. The van der Waals surface area contributed by atoms with Crippen LogP contribution in [0.25, 0.3) is 81.3 Å². The lowest BCUT2D eigenvalue weighted by molar-refractivity contribution is 0.426. The van der Waals surface area contributed by atoms with Gasteiger partial charge in [-0.15, -0.1) is 11.3 Å². The highest BCUT2D eigenvalue weighted by atomic mass is 32.1. The van der Waals surface area contributed by atoms with Gasteiger partial charge in [-0.1, -0.05) is 147 Å². The first-order chi connectivity index (χ1) is 31.1. The number of benzene rings is 6. The standard InChI is InChI=1S/C57H40N4OS/c1-3-17-35(4-2)44-32-39(57-59-55(37-20-9-6-10-21-37)58-56(60-57)38-28-29-41-40-22-12-15-26-48(40)62-49(41)34-38)33-45(36-18-7-5-8-19-36)54(44)61-46-25-14-11-23-42(46)52-47(61)30-31-51-53(52)43-24-13-16-27-50(43)63-51/h3-20,22-28,30-34,37,41H,1-2,21,29H2/b35-17+. The molecule has 1 aliphatic heterocycles. The average Bonchev–Trinajstić information content (AvgIpc) is 4.02. The molecule has 5 nitrogen and oxygen atoms in total. The molecule has 0 radical (unpaired) electrons. The molecule has 3 aromatic heterocycles. The Balaban J connectivity index is 1.13. The molecule has 0 bridgehead atoms. The van der Waals surface area contributed by atoms with Crippen LogP contribution in [0.4, 0.5) is 0 Å². The lowest BCUT2D eigenvalue weighted by Gasteiger charge is -2.22. The Kier molecular flexibility index (Phi) is 8.87. The zero-order valence-corrected chi connectivity index (χ0v) is 35.2. The van der Waals surface area contributed by atoms with Crippen molar-refractivity contribution >= 4 is 64.5 Å². The van der Waals surface area contributed by atoms with Crippen LogP contribution in [0.3, 0.4) is 0 Å².